The molecule has 0 atom stereocenters. The van der Waals surface area contributed by atoms with Gasteiger partial charge in [0.2, 0.25) is 0 Å². The number of hydrogen-bond donors (Lipinski definition) is 0. The molecule has 0 fully saturated rings. The molecule has 67 heavy (non-hydrogen) atoms. The molecule has 0 amide bonds. The minimum absolute atomic E-state index is 0.189. The highest BCUT2D eigenvalue weighted by atomic mass is 16.3. The summed E-state index contributed by atoms with van der Waals surface area (Å²) in [5, 5.41) is 4.16. The summed E-state index contributed by atoms with van der Waals surface area (Å²) in [7, 11) is 0. The van der Waals surface area contributed by atoms with Crippen molar-refractivity contribution < 1.29 is 8.83 Å². The first-order valence-corrected chi connectivity index (χ1v) is 23.2. The number of anilines is 3. The molecule has 0 saturated heterocycles. The molecular weight excluding hydrogens is 815 g/mol. The van der Waals surface area contributed by atoms with Gasteiger partial charge >= 0.3 is 0 Å². The summed E-state index contributed by atoms with van der Waals surface area (Å²) in [6.45, 7) is 4.71. The fourth-order valence-electron chi connectivity index (χ4n) is 11.9. The minimum Gasteiger partial charge on any atom is -0.455 e. The zero-order chi connectivity index (χ0) is 44.4. The van der Waals surface area contributed by atoms with E-state index in [0.717, 1.165) is 72.1 Å². The molecule has 0 radical (unpaired) electrons. The number of fused-ring (bicyclic) bond motifs is 12. The summed E-state index contributed by atoms with van der Waals surface area (Å²) in [5.74, 6) is 0. The lowest BCUT2D eigenvalue weighted by Crippen LogP contribution is -2.28. The number of hydrogen-bond acceptors (Lipinski definition) is 3. The van der Waals surface area contributed by atoms with E-state index in [4.69, 9.17) is 8.83 Å². The van der Waals surface area contributed by atoms with Crippen molar-refractivity contribution in [2.75, 3.05) is 4.90 Å². The van der Waals surface area contributed by atoms with E-state index < -0.39 is 5.41 Å². The highest BCUT2D eigenvalue weighted by molar-refractivity contribution is 6.18. The van der Waals surface area contributed by atoms with Crippen molar-refractivity contribution in [3.05, 3.63) is 258 Å². The van der Waals surface area contributed by atoms with Crippen molar-refractivity contribution >= 4 is 60.9 Å². The molecule has 0 unspecified atom stereocenters. The van der Waals surface area contributed by atoms with Gasteiger partial charge in [-0.2, -0.15) is 0 Å². The van der Waals surface area contributed by atoms with Gasteiger partial charge < -0.3 is 13.7 Å². The molecule has 0 spiro atoms. The predicted molar refractivity (Wildman–Crippen MR) is 276 cm³/mol. The Kier molecular flexibility index (Phi) is 7.95. The molecule has 2 aromatic heterocycles. The fourth-order valence-corrected chi connectivity index (χ4v) is 11.9. The van der Waals surface area contributed by atoms with Gasteiger partial charge in [-0.1, -0.05) is 196 Å². The smallest absolute Gasteiger partial charge is 0.159 e. The van der Waals surface area contributed by atoms with Crippen LogP contribution in [-0.4, -0.2) is 0 Å². The van der Waals surface area contributed by atoms with E-state index in [2.05, 4.69) is 237 Å². The van der Waals surface area contributed by atoms with Crippen molar-refractivity contribution in [2.45, 2.75) is 24.7 Å². The Morgan fingerprint density at radius 1 is 0.343 bits per heavy atom. The van der Waals surface area contributed by atoms with Gasteiger partial charge in [-0.3, -0.25) is 0 Å². The Balaban J connectivity index is 1.02. The van der Waals surface area contributed by atoms with Gasteiger partial charge in [-0.25, -0.2) is 0 Å². The Morgan fingerprint density at radius 3 is 1.48 bits per heavy atom. The van der Waals surface area contributed by atoms with Gasteiger partial charge in [0, 0.05) is 43.9 Å². The zero-order valence-corrected chi connectivity index (χ0v) is 37.1. The van der Waals surface area contributed by atoms with Crippen molar-refractivity contribution in [3.63, 3.8) is 0 Å². The third kappa shape index (κ3) is 5.28. The van der Waals surface area contributed by atoms with Crippen LogP contribution in [0.3, 0.4) is 0 Å². The van der Waals surface area contributed by atoms with E-state index in [0.29, 0.717) is 0 Å². The van der Waals surface area contributed by atoms with Crippen molar-refractivity contribution in [3.8, 4) is 33.4 Å². The van der Waals surface area contributed by atoms with Crippen LogP contribution in [-0.2, 0) is 10.8 Å². The van der Waals surface area contributed by atoms with Crippen LogP contribution >= 0.6 is 0 Å². The Morgan fingerprint density at radius 2 is 0.821 bits per heavy atom. The first kappa shape index (κ1) is 37.9. The van der Waals surface area contributed by atoms with E-state index in [-0.39, 0.29) is 5.41 Å². The maximum Gasteiger partial charge on any atom is 0.159 e. The van der Waals surface area contributed by atoms with E-state index in [1.165, 1.54) is 55.6 Å². The number of nitrogens with zero attached hydrogens (tertiary/aromatic N) is 1. The van der Waals surface area contributed by atoms with Crippen molar-refractivity contribution in [2.24, 2.45) is 0 Å². The number of benzene rings is 10. The summed E-state index contributed by atoms with van der Waals surface area (Å²) in [4.78, 5) is 2.43. The van der Waals surface area contributed by atoms with Gasteiger partial charge in [0.1, 0.15) is 16.7 Å². The average Bonchev–Trinajstić information content (AvgIpc) is 4.09. The van der Waals surface area contributed by atoms with E-state index in [1.54, 1.807) is 0 Å². The Hall–Kier alpha value is -8.40. The van der Waals surface area contributed by atoms with Crippen LogP contribution in [0.2, 0.25) is 0 Å². The molecule has 2 aliphatic carbocycles. The van der Waals surface area contributed by atoms with Crippen LogP contribution in [0.25, 0.3) is 77.3 Å². The number of para-hydroxylation sites is 2. The van der Waals surface area contributed by atoms with Gasteiger partial charge in [0.15, 0.2) is 5.58 Å². The quantitative estimate of drug-likeness (QED) is 0.167. The summed E-state index contributed by atoms with van der Waals surface area (Å²) in [5.41, 5.74) is 20.7. The highest BCUT2D eigenvalue weighted by Crippen LogP contribution is 2.58. The summed E-state index contributed by atoms with van der Waals surface area (Å²) >= 11 is 0. The molecule has 316 valence electrons. The summed E-state index contributed by atoms with van der Waals surface area (Å²) in [6, 6.07) is 81.9. The first-order valence-electron chi connectivity index (χ1n) is 23.2. The number of rotatable bonds is 6. The molecule has 3 nitrogen and oxygen atoms in total. The third-order valence-electron chi connectivity index (χ3n) is 14.9. The van der Waals surface area contributed by atoms with Crippen LogP contribution in [0.15, 0.2) is 233 Å². The normalized spacial score (nSPS) is 14.1. The van der Waals surface area contributed by atoms with Gasteiger partial charge in [0.05, 0.1) is 11.1 Å². The highest BCUT2D eigenvalue weighted by Gasteiger charge is 2.46. The molecule has 2 heterocycles. The van der Waals surface area contributed by atoms with E-state index in [1.807, 2.05) is 6.07 Å². The molecule has 12 aromatic rings. The second kappa shape index (κ2) is 14.1. The number of furan rings is 2. The lowest BCUT2D eigenvalue weighted by Gasteiger charge is -2.35. The standard InChI is InChI=1S/C64H43NO2/c1-63(2)54-29-14-12-24-46(54)48-34-32-43(36-56(48)63)65(44-33-35-49-47-25-13-15-30-55(47)64(57(49)37-44,41-20-8-4-9-21-41)42-22-10-5-11-23-42)58-31-17-28-51-53-39-59-52(38-60(53)67-62(51)58)50-27-16-26-45(61(50)66-59)40-18-6-3-7-19-40/h3-39H,1-2H3. The fraction of sp³-hybridized carbons (Fsp3) is 0.0625. The lowest BCUT2D eigenvalue weighted by atomic mass is 9.67. The molecule has 0 aliphatic heterocycles. The maximum atomic E-state index is 7.17. The van der Waals surface area contributed by atoms with E-state index >= 15 is 0 Å². The van der Waals surface area contributed by atoms with Crippen LogP contribution in [0.4, 0.5) is 17.1 Å². The van der Waals surface area contributed by atoms with Crippen LogP contribution in [0.1, 0.15) is 47.2 Å². The van der Waals surface area contributed by atoms with Crippen molar-refractivity contribution in [1.82, 2.24) is 0 Å². The molecular formula is C64H43NO2. The lowest BCUT2D eigenvalue weighted by molar-refractivity contribution is 0.660. The predicted octanol–water partition coefficient (Wildman–Crippen LogP) is 17.3. The molecule has 3 heteroatoms. The van der Waals surface area contributed by atoms with Gasteiger partial charge in [0.25, 0.3) is 0 Å². The monoisotopic (exact) mass is 857 g/mol. The van der Waals surface area contributed by atoms with Crippen LogP contribution in [0.5, 0.6) is 0 Å². The van der Waals surface area contributed by atoms with Crippen molar-refractivity contribution in [1.29, 1.82) is 0 Å². The molecule has 2 aliphatic rings. The first-order chi connectivity index (χ1) is 33.0. The average molecular weight is 858 g/mol. The second-order valence-corrected chi connectivity index (χ2v) is 18.7. The third-order valence-corrected chi connectivity index (χ3v) is 14.9. The minimum atomic E-state index is -0.555. The molecule has 0 saturated carbocycles. The summed E-state index contributed by atoms with van der Waals surface area (Å²) in [6.07, 6.45) is 0. The molecule has 14 rings (SSSR count). The Bertz CT molecular complexity index is 3910. The van der Waals surface area contributed by atoms with E-state index in [9.17, 15) is 0 Å². The largest absolute Gasteiger partial charge is 0.455 e. The second-order valence-electron chi connectivity index (χ2n) is 18.7. The SMILES string of the molecule is CC1(C)c2ccccc2-c2ccc(N(c3ccc4c(c3)C(c3ccccc3)(c3ccccc3)c3ccccc3-4)c3cccc4c3oc3cc5c(cc34)oc3c(-c4ccccc4)cccc35)cc21. The molecule has 0 N–H and O–H groups in total. The Labute approximate surface area is 388 Å². The van der Waals surface area contributed by atoms with Gasteiger partial charge in [-0.05, 0) is 104 Å². The summed E-state index contributed by atoms with van der Waals surface area (Å²) < 4.78 is 14.0. The molecule has 10 aromatic carbocycles. The zero-order valence-electron chi connectivity index (χ0n) is 37.1. The van der Waals surface area contributed by atoms with Gasteiger partial charge in [-0.15, -0.1) is 0 Å². The van der Waals surface area contributed by atoms with Crippen LogP contribution < -0.4 is 4.90 Å². The molecule has 0 bridgehead atoms. The topological polar surface area (TPSA) is 29.5 Å². The van der Waals surface area contributed by atoms with Crippen LogP contribution in [0, 0.1) is 0 Å². The maximum absolute atomic E-state index is 7.17.